The Bertz CT molecular complexity index is 786. The number of hydrogen-bond donors (Lipinski definition) is 2. The van der Waals surface area contributed by atoms with Crippen LogP contribution in [0.3, 0.4) is 0 Å². The van der Waals surface area contributed by atoms with Crippen LogP contribution in [0.15, 0.2) is 18.2 Å². The molecule has 0 saturated carbocycles. The molecule has 28 heavy (non-hydrogen) atoms. The summed E-state index contributed by atoms with van der Waals surface area (Å²) in [6, 6.07) is 6.32. The molecule has 3 heterocycles. The van der Waals surface area contributed by atoms with E-state index >= 15 is 0 Å². The Balaban J connectivity index is 1.39. The highest BCUT2D eigenvalue weighted by molar-refractivity contribution is 6.00. The summed E-state index contributed by atoms with van der Waals surface area (Å²) in [6.45, 7) is 4.14. The fourth-order valence-corrected chi connectivity index (χ4v) is 4.69. The molecule has 1 aromatic carbocycles. The van der Waals surface area contributed by atoms with Crippen LogP contribution in [0.1, 0.15) is 48.3 Å². The summed E-state index contributed by atoms with van der Waals surface area (Å²) in [5.41, 5.74) is 3.62. The molecule has 0 aromatic heterocycles. The van der Waals surface area contributed by atoms with Gasteiger partial charge in [0.05, 0.1) is 5.92 Å². The van der Waals surface area contributed by atoms with Gasteiger partial charge in [0, 0.05) is 39.1 Å². The lowest BCUT2D eigenvalue weighted by atomic mass is 9.87. The van der Waals surface area contributed by atoms with Crippen LogP contribution in [0.25, 0.3) is 0 Å². The number of carbonyl (C=O) groups excluding carboxylic acids is 2. The molecule has 1 aromatic rings. The van der Waals surface area contributed by atoms with Crippen LogP contribution in [-0.4, -0.2) is 59.0 Å². The molecule has 0 spiro atoms. The highest BCUT2D eigenvalue weighted by atomic mass is 16.4. The maximum Gasteiger partial charge on any atom is 0.407 e. The highest BCUT2D eigenvalue weighted by Gasteiger charge is 2.29. The molecule has 0 aliphatic carbocycles. The van der Waals surface area contributed by atoms with E-state index in [9.17, 15) is 14.4 Å². The van der Waals surface area contributed by atoms with Crippen molar-refractivity contribution in [1.82, 2.24) is 15.1 Å². The number of nitrogens with zero attached hydrogens (tertiary/aromatic N) is 2. The van der Waals surface area contributed by atoms with Crippen molar-refractivity contribution >= 4 is 17.9 Å². The molecule has 3 aliphatic rings. The van der Waals surface area contributed by atoms with Gasteiger partial charge in [0.15, 0.2) is 0 Å². The minimum atomic E-state index is -0.814. The Morgan fingerprint density at radius 2 is 1.86 bits per heavy atom. The second kappa shape index (κ2) is 7.91. The zero-order chi connectivity index (χ0) is 19.7. The Kier molecular flexibility index (Phi) is 5.35. The lowest BCUT2D eigenvalue weighted by Gasteiger charge is -2.36. The molecular weight excluding hydrogens is 358 g/mol. The maximum absolute atomic E-state index is 12.2. The molecule has 0 radical (unpaired) electrons. The predicted molar refractivity (Wildman–Crippen MR) is 103 cm³/mol. The number of amides is 3. The van der Waals surface area contributed by atoms with Crippen LogP contribution in [0, 0.1) is 5.92 Å². The Hall–Kier alpha value is -2.41. The summed E-state index contributed by atoms with van der Waals surface area (Å²) in [7, 11) is 0. The van der Waals surface area contributed by atoms with Crippen molar-refractivity contribution in [3.63, 3.8) is 0 Å². The Morgan fingerprint density at radius 3 is 2.57 bits per heavy atom. The van der Waals surface area contributed by atoms with Crippen LogP contribution in [0.2, 0.25) is 0 Å². The van der Waals surface area contributed by atoms with Gasteiger partial charge >= 0.3 is 6.09 Å². The Labute approximate surface area is 164 Å². The monoisotopic (exact) mass is 385 g/mol. The Morgan fingerprint density at radius 1 is 1.07 bits per heavy atom. The molecule has 2 fully saturated rings. The predicted octanol–water partition coefficient (Wildman–Crippen LogP) is 1.95. The van der Waals surface area contributed by atoms with E-state index in [4.69, 9.17) is 5.11 Å². The second-order valence-electron chi connectivity index (χ2n) is 8.23. The first-order valence-corrected chi connectivity index (χ1v) is 10.1. The topological polar surface area (TPSA) is 90.0 Å². The van der Waals surface area contributed by atoms with Crippen molar-refractivity contribution in [2.75, 3.05) is 26.2 Å². The lowest BCUT2D eigenvalue weighted by Crippen LogP contribution is -2.42. The van der Waals surface area contributed by atoms with E-state index in [1.54, 1.807) is 0 Å². The van der Waals surface area contributed by atoms with Crippen molar-refractivity contribution < 1.29 is 19.5 Å². The minimum absolute atomic E-state index is 0.181. The fourth-order valence-electron chi connectivity index (χ4n) is 4.69. The molecule has 2 N–H and O–H groups in total. The number of rotatable bonds is 3. The van der Waals surface area contributed by atoms with Gasteiger partial charge in [-0.3, -0.25) is 19.8 Å². The first-order valence-electron chi connectivity index (χ1n) is 10.1. The second-order valence-corrected chi connectivity index (χ2v) is 8.23. The van der Waals surface area contributed by atoms with E-state index in [0.29, 0.717) is 31.8 Å². The highest BCUT2D eigenvalue weighted by Crippen LogP contribution is 2.29. The number of fused-ring (bicyclic) bond motifs is 1. The number of imide groups is 1. The normalized spacial score (nSPS) is 24.0. The van der Waals surface area contributed by atoms with Gasteiger partial charge in [-0.1, -0.05) is 18.2 Å². The van der Waals surface area contributed by atoms with Gasteiger partial charge < -0.3 is 10.0 Å². The fraction of sp³-hybridized carbons (Fsp3) is 0.571. The number of carbonyl (C=O) groups is 3. The molecule has 1 atom stereocenters. The first-order chi connectivity index (χ1) is 13.5. The number of carboxylic acid groups (broad SMARTS) is 1. The number of benzene rings is 1. The molecule has 4 rings (SSSR count). The van der Waals surface area contributed by atoms with Crippen molar-refractivity contribution in [2.24, 2.45) is 5.92 Å². The molecule has 0 bridgehead atoms. The van der Waals surface area contributed by atoms with Gasteiger partial charge in [0.2, 0.25) is 11.8 Å². The third-order valence-corrected chi connectivity index (χ3v) is 6.36. The van der Waals surface area contributed by atoms with Gasteiger partial charge in [-0.05, 0) is 48.3 Å². The van der Waals surface area contributed by atoms with Gasteiger partial charge in [-0.15, -0.1) is 0 Å². The molecule has 150 valence electrons. The number of piperidine rings is 2. The van der Waals surface area contributed by atoms with Crippen LogP contribution >= 0.6 is 0 Å². The molecular formula is C21H27N3O4. The summed E-state index contributed by atoms with van der Waals surface area (Å²) in [6.07, 6.45) is 3.01. The molecule has 1 unspecified atom stereocenters. The zero-order valence-electron chi connectivity index (χ0n) is 16.0. The lowest BCUT2D eigenvalue weighted by molar-refractivity contribution is -0.134. The van der Waals surface area contributed by atoms with Crippen LogP contribution in [-0.2, 0) is 22.6 Å². The van der Waals surface area contributed by atoms with E-state index in [2.05, 4.69) is 22.3 Å². The van der Waals surface area contributed by atoms with E-state index in [1.807, 2.05) is 6.07 Å². The van der Waals surface area contributed by atoms with Crippen molar-refractivity contribution in [1.29, 1.82) is 0 Å². The van der Waals surface area contributed by atoms with Crippen molar-refractivity contribution in [3.8, 4) is 0 Å². The van der Waals surface area contributed by atoms with Crippen molar-refractivity contribution in [2.45, 2.75) is 44.6 Å². The molecule has 7 nitrogen and oxygen atoms in total. The summed E-state index contributed by atoms with van der Waals surface area (Å²) < 4.78 is 0. The summed E-state index contributed by atoms with van der Waals surface area (Å²) >= 11 is 0. The van der Waals surface area contributed by atoms with Gasteiger partial charge in [-0.25, -0.2) is 4.79 Å². The number of hydrogen-bond acceptors (Lipinski definition) is 4. The van der Waals surface area contributed by atoms with Gasteiger partial charge in [-0.2, -0.15) is 0 Å². The average molecular weight is 385 g/mol. The van der Waals surface area contributed by atoms with E-state index in [1.165, 1.54) is 16.0 Å². The van der Waals surface area contributed by atoms with Crippen molar-refractivity contribution in [3.05, 3.63) is 34.9 Å². The number of likely N-dealkylation sites (tertiary alicyclic amines) is 1. The van der Waals surface area contributed by atoms with E-state index < -0.39 is 6.09 Å². The van der Waals surface area contributed by atoms with Crippen LogP contribution < -0.4 is 5.32 Å². The largest absolute Gasteiger partial charge is 0.465 e. The molecule has 3 aliphatic heterocycles. The average Bonchev–Trinajstić information content (AvgIpc) is 2.68. The van der Waals surface area contributed by atoms with Gasteiger partial charge in [0.1, 0.15) is 0 Å². The van der Waals surface area contributed by atoms with Gasteiger partial charge in [0.25, 0.3) is 0 Å². The summed E-state index contributed by atoms with van der Waals surface area (Å²) in [5.74, 6) is -0.0671. The maximum atomic E-state index is 12.2. The smallest absolute Gasteiger partial charge is 0.407 e. The third kappa shape index (κ3) is 4.04. The minimum Gasteiger partial charge on any atom is -0.465 e. The first kappa shape index (κ1) is 18.9. The van der Waals surface area contributed by atoms with E-state index in [0.717, 1.165) is 44.5 Å². The number of nitrogens with one attached hydrogen (secondary N) is 1. The molecule has 7 heteroatoms. The molecule has 3 amide bonds. The standard InChI is InChI=1S/C21H27N3O4/c25-19-4-3-18(20(26)22-19)16-2-1-15-7-8-23(13-17(15)11-16)12-14-5-9-24(10-6-14)21(27)28/h1-2,11,14,18H,3-10,12-13H2,(H,27,28)(H,22,25,26). The SMILES string of the molecule is O=C1CCC(c2ccc3c(c2)CN(CC2CCN(C(=O)O)CC2)CC3)C(=O)N1. The van der Waals surface area contributed by atoms with E-state index in [-0.39, 0.29) is 17.7 Å². The zero-order valence-corrected chi connectivity index (χ0v) is 16.0. The summed E-state index contributed by atoms with van der Waals surface area (Å²) in [4.78, 5) is 38.6. The third-order valence-electron chi connectivity index (χ3n) is 6.36. The quantitative estimate of drug-likeness (QED) is 0.777. The summed E-state index contributed by atoms with van der Waals surface area (Å²) in [5, 5.41) is 11.5. The van der Waals surface area contributed by atoms with Crippen LogP contribution in [0.4, 0.5) is 4.79 Å². The molecule has 2 saturated heterocycles. The van der Waals surface area contributed by atoms with Crippen LogP contribution in [0.5, 0.6) is 0 Å².